The zero-order chi connectivity index (χ0) is 15.2. The zero-order valence-corrected chi connectivity index (χ0v) is 14.0. The minimum absolute atomic E-state index is 0.187. The van der Waals surface area contributed by atoms with E-state index >= 15 is 0 Å². The Balaban J connectivity index is 1.55. The maximum absolute atomic E-state index is 12.4. The van der Waals surface area contributed by atoms with Gasteiger partial charge in [-0.15, -0.1) is 11.8 Å². The van der Waals surface area contributed by atoms with Gasteiger partial charge in [0.05, 0.1) is 12.2 Å². The lowest BCUT2D eigenvalue weighted by Gasteiger charge is -2.31. The molecule has 0 atom stereocenters. The molecule has 0 unspecified atom stereocenters. The summed E-state index contributed by atoms with van der Waals surface area (Å²) in [6.45, 7) is 1.45. The van der Waals surface area contributed by atoms with Crippen molar-refractivity contribution >= 4 is 23.4 Å². The number of nitrogens with one attached hydrogen (secondary N) is 1. The number of hydrogen-bond acceptors (Lipinski definition) is 3. The summed E-state index contributed by atoms with van der Waals surface area (Å²) in [5.74, 6) is 1.25. The summed E-state index contributed by atoms with van der Waals surface area (Å²) in [6.07, 6.45) is 8.83. The second-order valence-electron chi connectivity index (χ2n) is 6.35. The third kappa shape index (κ3) is 4.19. The van der Waals surface area contributed by atoms with Gasteiger partial charge in [0.1, 0.15) is 0 Å². The molecule has 3 rings (SSSR count). The van der Waals surface area contributed by atoms with Crippen molar-refractivity contribution in [2.24, 2.45) is 0 Å². The minimum atomic E-state index is 0.187. The number of amides is 1. The summed E-state index contributed by atoms with van der Waals surface area (Å²) in [7, 11) is 0. The first-order valence-electron chi connectivity index (χ1n) is 8.59. The summed E-state index contributed by atoms with van der Waals surface area (Å²) < 4.78 is 0. The molecule has 1 aromatic carbocycles. The molecular formula is C18H26N2OS. The van der Waals surface area contributed by atoms with E-state index in [1.165, 1.54) is 42.7 Å². The third-order valence-electron chi connectivity index (χ3n) is 4.63. The van der Waals surface area contributed by atoms with Crippen molar-refractivity contribution in [3.8, 4) is 0 Å². The number of hydrogen-bond donors (Lipinski definition) is 1. The van der Waals surface area contributed by atoms with Crippen LogP contribution >= 0.6 is 11.8 Å². The first-order valence-corrected chi connectivity index (χ1v) is 9.57. The van der Waals surface area contributed by atoms with Gasteiger partial charge in [0.2, 0.25) is 5.91 Å². The van der Waals surface area contributed by atoms with Crippen LogP contribution in [0.15, 0.2) is 29.2 Å². The van der Waals surface area contributed by atoms with Crippen molar-refractivity contribution in [1.82, 2.24) is 5.32 Å². The fourth-order valence-corrected chi connectivity index (χ4v) is 4.49. The topological polar surface area (TPSA) is 32.3 Å². The molecule has 1 aliphatic carbocycles. The molecule has 2 aliphatic rings. The van der Waals surface area contributed by atoms with Crippen molar-refractivity contribution in [3.63, 3.8) is 0 Å². The van der Waals surface area contributed by atoms with Crippen LogP contribution in [0.4, 0.5) is 5.69 Å². The average molecular weight is 318 g/mol. The van der Waals surface area contributed by atoms with Crippen molar-refractivity contribution in [3.05, 3.63) is 24.3 Å². The van der Waals surface area contributed by atoms with E-state index in [0.29, 0.717) is 12.6 Å². The highest BCUT2D eigenvalue weighted by Gasteiger charge is 2.20. The summed E-state index contributed by atoms with van der Waals surface area (Å²) in [6, 6.07) is 8.81. The molecular weight excluding hydrogens is 292 g/mol. The van der Waals surface area contributed by atoms with Crippen LogP contribution in [0.3, 0.4) is 0 Å². The molecule has 1 N–H and O–H groups in total. The number of carbonyl (C=O) groups is 1. The van der Waals surface area contributed by atoms with E-state index in [1.54, 1.807) is 0 Å². The fourth-order valence-electron chi connectivity index (χ4n) is 3.44. The van der Waals surface area contributed by atoms with Gasteiger partial charge in [-0.2, -0.15) is 0 Å². The minimum Gasteiger partial charge on any atom is -0.360 e. The van der Waals surface area contributed by atoms with E-state index in [0.717, 1.165) is 25.1 Å². The molecule has 0 aromatic heterocycles. The molecule has 4 heteroatoms. The van der Waals surface area contributed by atoms with E-state index in [-0.39, 0.29) is 5.91 Å². The highest BCUT2D eigenvalue weighted by atomic mass is 32.2. The predicted octanol–water partition coefficient (Wildman–Crippen LogP) is 3.83. The van der Waals surface area contributed by atoms with Gasteiger partial charge >= 0.3 is 0 Å². The SMILES string of the molecule is O=C(CN1CCSc2ccccc21)NC1CCCCCCC1. The number of carbonyl (C=O) groups excluding carboxylic acids is 1. The lowest BCUT2D eigenvalue weighted by molar-refractivity contribution is -0.120. The van der Waals surface area contributed by atoms with E-state index in [9.17, 15) is 4.79 Å². The van der Waals surface area contributed by atoms with Gasteiger partial charge in [0.25, 0.3) is 0 Å². The molecule has 0 saturated heterocycles. The molecule has 120 valence electrons. The first kappa shape index (κ1) is 15.7. The van der Waals surface area contributed by atoms with Crippen molar-refractivity contribution in [2.45, 2.75) is 55.9 Å². The Bertz CT molecular complexity index is 498. The summed E-state index contributed by atoms with van der Waals surface area (Å²) in [4.78, 5) is 16.0. The summed E-state index contributed by atoms with van der Waals surface area (Å²) >= 11 is 1.89. The molecule has 22 heavy (non-hydrogen) atoms. The number of anilines is 1. The Morgan fingerprint density at radius 3 is 2.68 bits per heavy atom. The maximum Gasteiger partial charge on any atom is 0.239 e. The van der Waals surface area contributed by atoms with Crippen LogP contribution in [-0.2, 0) is 4.79 Å². The fraction of sp³-hybridized carbons (Fsp3) is 0.611. The molecule has 0 bridgehead atoms. The largest absolute Gasteiger partial charge is 0.360 e. The van der Waals surface area contributed by atoms with Gasteiger partial charge in [-0.05, 0) is 25.0 Å². The second-order valence-corrected chi connectivity index (χ2v) is 7.48. The standard InChI is InChI=1S/C18H26N2OS/c21-18(19-15-8-4-2-1-3-5-9-15)14-20-12-13-22-17-11-7-6-10-16(17)20/h6-7,10-11,15H,1-5,8-9,12-14H2,(H,19,21). The van der Waals surface area contributed by atoms with Crippen molar-refractivity contribution < 1.29 is 4.79 Å². The second kappa shape index (κ2) is 7.91. The Hall–Kier alpha value is -1.16. The Kier molecular flexibility index (Phi) is 5.65. The third-order valence-corrected chi connectivity index (χ3v) is 5.67. The molecule has 1 heterocycles. The Labute approximate surface area is 137 Å². The van der Waals surface area contributed by atoms with Gasteiger partial charge in [0.15, 0.2) is 0 Å². The Morgan fingerprint density at radius 2 is 1.86 bits per heavy atom. The predicted molar refractivity (Wildman–Crippen MR) is 93.6 cm³/mol. The van der Waals surface area contributed by atoms with Crippen LogP contribution in [-0.4, -0.2) is 30.8 Å². The van der Waals surface area contributed by atoms with Crippen LogP contribution in [0, 0.1) is 0 Å². The van der Waals surface area contributed by atoms with Crippen molar-refractivity contribution in [2.75, 3.05) is 23.7 Å². The van der Waals surface area contributed by atoms with E-state index < -0.39 is 0 Å². The maximum atomic E-state index is 12.4. The molecule has 0 radical (unpaired) electrons. The van der Waals surface area contributed by atoms with Crippen LogP contribution in [0.2, 0.25) is 0 Å². The van der Waals surface area contributed by atoms with Crippen LogP contribution in [0.5, 0.6) is 0 Å². The first-order chi connectivity index (χ1) is 10.8. The van der Waals surface area contributed by atoms with Gasteiger partial charge in [0, 0.05) is 23.2 Å². The normalized spacial score (nSPS) is 19.9. The van der Waals surface area contributed by atoms with Crippen LogP contribution in [0.25, 0.3) is 0 Å². The van der Waals surface area contributed by atoms with E-state index in [1.807, 2.05) is 11.8 Å². The average Bonchev–Trinajstić information content (AvgIpc) is 2.50. The van der Waals surface area contributed by atoms with E-state index in [4.69, 9.17) is 0 Å². The molecule has 1 saturated carbocycles. The molecule has 0 spiro atoms. The molecule has 1 fully saturated rings. The van der Waals surface area contributed by atoms with Gasteiger partial charge in [-0.25, -0.2) is 0 Å². The zero-order valence-electron chi connectivity index (χ0n) is 13.2. The van der Waals surface area contributed by atoms with Gasteiger partial charge < -0.3 is 10.2 Å². The monoisotopic (exact) mass is 318 g/mol. The number of para-hydroxylation sites is 1. The lowest BCUT2D eigenvalue weighted by Crippen LogP contribution is -2.43. The van der Waals surface area contributed by atoms with Gasteiger partial charge in [-0.3, -0.25) is 4.79 Å². The quantitative estimate of drug-likeness (QED) is 0.919. The highest BCUT2D eigenvalue weighted by Crippen LogP contribution is 2.33. The summed E-state index contributed by atoms with van der Waals surface area (Å²) in [5.41, 5.74) is 1.21. The van der Waals surface area contributed by atoms with Crippen LogP contribution < -0.4 is 10.2 Å². The molecule has 3 nitrogen and oxygen atoms in total. The number of rotatable bonds is 3. The molecule has 1 amide bonds. The number of nitrogens with zero attached hydrogens (tertiary/aromatic N) is 1. The molecule has 1 aliphatic heterocycles. The molecule has 1 aromatic rings. The van der Waals surface area contributed by atoms with Crippen molar-refractivity contribution in [1.29, 1.82) is 0 Å². The van der Waals surface area contributed by atoms with Crippen LogP contribution in [0.1, 0.15) is 44.9 Å². The lowest BCUT2D eigenvalue weighted by atomic mass is 9.97. The highest BCUT2D eigenvalue weighted by molar-refractivity contribution is 7.99. The smallest absolute Gasteiger partial charge is 0.239 e. The number of thioether (sulfide) groups is 1. The van der Waals surface area contributed by atoms with E-state index in [2.05, 4.69) is 34.5 Å². The number of benzene rings is 1. The Morgan fingerprint density at radius 1 is 1.14 bits per heavy atom. The number of fused-ring (bicyclic) bond motifs is 1. The summed E-state index contributed by atoms with van der Waals surface area (Å²) in [5, 5.41) is 3.28. The van der Waals surface area contributed by atoms with Gasteiger partial charge in [-0.1, -0.05) is 44.2 Å².